The summed E-state index contributed by atoms with van der Waals surface area (Å²) in [6, 6.07) is 14.0. The van der Waals surface area contributed by atoms with Crippen molar-refractivity contribution in [2.45, 2.75) is 38.6 Å². The minimum atomic E-state index is -0.988. The monoisotopic (exact) mass is 380 g/mol. The Morgan fingerprint density at radius 3 is 2.39 bits per heavy atom. The Labute approximate surface area is 164 Å². The Morgan fingerprint density at radius 2 is 1.75 bits per heavy atom. The van der Waals surface area contributed by atoms with Crippen LogP contribution in [0, 0.1) is 5.92 Å². The molecule has 0 aliphatic heterocycles. The average Bonchev–Trinajstić information content (AvgIpc) is 3.52. The van der Waals surface area contributed by atoms with Gasteiger partial charge in [0, 0.05) is 18.0 Å². The molecule has 2 aromatic carbocycles. The van der Waals surface area contributed by atoms with E-state index in [1.165, 1.54) is 0 Å². The van der Waals surface area contributed by atoms with E-state index in [1.807, 2.05) is 31.2 Å². The van der Waals surface area contributed by atoms with Crippen LogP contribution in [0.25, 0.3) is 0 Å². The van der Waals surface area contributed by atoms with E-state index in [9.17, 15) is 19.5 Å². The highest BCUT2D eigenvalue weighted by molar-refractivity contribution is 5.94. The second kappa shape index (κ2) is 8.69. The van der Waals surface area contributed by atoms with Gasteiger partial charge in [0.1, 0.15) is 0 Å². The normalized spacial score (nSPS) is 14.2. The number of aromatic carboxylic acids is 1. The number of nitrogens with one attached hydrogen (secondary N) is 2. The van der Waals surface area contributed by atoms with Gasteiger partial charge in [0.05, 0.1) is 11.6 Å². The van der Waals surface area contributed by atoms with Crippen molar-refractivity contribution >= 4 is 23.5 Å². The zero-order valence-electron chi connectivity index (χ0n) is 15.8. The summed E-state index contributed by atoms with van der Waals surface area (Å²) >= 11 is 0. The van der Waals surface area contributed by atoms with Crippen LogP contribution >= 0.6 is 0 Å². The molecule has 0 saturated heterocycles. The first-order valence-electron chi connectivity index (χ1n) is 9.45. The minimum absolute atomic E-state index is 0.0655. The Morgan fingerprint density at radius 1 is 1.07 bits per heavy atom. The van der Waals surface area contributed by atoms with Gasteiger partial charge in [-0.15, -0.1) is 0 Å². The van der Waals surface area contributed by atoms with Gasteiger partial charge in [0.15, 0.2) is 0 Å². The summed E-state index contributed by atoms with van der Waals surface area (Å²) in [6.07, 6.45) is 2.51. The van der Waals surface area contributed by atoms with Gasteiger partial charge >= 0.3 is 5.97 Å². The van der Waals surface area contributed by atoms with Crippen LogP contribution in [0.4, 0.5) is 5.69 Å². The molecular weight excluding hydrogens is 356 g/mol. The SMILES string of the molecule is CC(NC(=O)CCc1ccccc1C(=O)O)c1ccc(NC(=O)C2CC2)cc1. The van der Waals surface area contributed by atoms with E-state index in [4.69, 9.17) is 0 Å². The molecule has 146 valence electrons. The molecule has 1 atom stereocenters. The van der Waals surface area contributed by atoms with Gasteiger partial charge in [-0.25, -0.2) is 4.79 Å². The van der Waals surface area contributed by atoms with Gasteiger partial charge in [-0.05, 0) is 55.5 Å². The molecule has 3 N–H and O–H groups in total. The van der Waals surface area contributed by atoms with E-state index in [2.05, 4.69) is 10.6 Å². The molecule has 0 heterocycles. The van der Waals surface area contributed by atoms with Crippen LogP contribution in [0.15, 0.2) is 48.5 Å². The third kappa shape index (κ3) is 5.19. The molecule has 1 saturated carbocycles. The number of rotatable bonds is 8. The lowest BCUT2D eigenvalue weighted by Gasteiger charge is -2.15. The largest absolute Gasteiger partial charge is 0.478 e. The predicted molar refractivity (Wildman–Crippen MR) is 106 cm³/mol. The lowest BCUT2D eigenvalue weighted by atomic mass is 10.0. The Balaban J connectivity index is 1.51. The highest BCUT2D eigenvalue weighted by Crippen LogP contribution is 2.30. The molecule has 28 heavy (non-hydrogen) atoms. The average molecular weight is 380 g/mol. The second-order valence-electron chi connectivity index (χ2n) is 7.14. The number of carbonyl (C=O) groups excluding carboxylic acids is 2. The van der Waals surface area contributed by atoms with Gasteiger partial charge in [0.25, 0.3) is 0 Å². The van der Waals surface area contributed by atoms with Gasteiger partial charge in [-0.3, -0.25) is 9.59 Å². The summed E-state index contributed by atoms with van der Waals surface area (Å²) in [5, 5.41) is 15.0. The van der Waals surface area contributed by atoms with Crippen LogP contribution in [0.5, 0.6) is 0 Å². The third-order valence-corrected chi connectivity index (χ3v) is 4.87. The molecule has 0 bridgehead atoms. The van der Waals surface area contributed by atoms with Crippen molar-refractivity contribution in [3.8, 4) is 0 Å². The van der Waals surface area contributed by atoms with E-state index in [1.54, 1.807) is 24.3 Å². The minimum Gasteiger partial charge on any atom is -0.478 e. The number of hydrogen-bond acceptors (Lipinski definition) is 3. The van der Waals surface area contributed by atoms with Crippen LogP contribution in [-0.4, -0.2) is 22.9 Å². The van der Waals surface area contributed by atoms with Crippen molar-refractivity contribution in [1.29, 1.82) is 0 Å². The standard InChI is InChI=1S/C22H24N2O4/c1-14(15-8-11-18(12-9-15)24-21(26)17-6-7-17)23-20(25)13-10-16-4-2-3-5-19(16)22(27)28/h2-5,8-9,11-12,14,17H,6-7,10,13H2,1H3,(H,23,25)(H,24,26)(H,27,28). The smallest absolute Gasteiger partial charge is 0.335 e. The molecule has 6 heteroatoms. The molecule has 0 radical (unpaired) electrons. The number of aryl methyl sites for hydroxylation is 1. The van der Waals surface area contributed by atoms with Gasteiger partial charge in [-0.2, -0.15) is 0 Å². The van der Waals surface area contributed by atoms with Gasteiger partial charge in [-0.1, -0.05) is 30.3 Å². The fourth-order valence-electron chi connectivity index (χ4n) is 3.04. The fourth-order valence-corrected chi connectivity index (χ4v) is 3.04. The molecule has 2 aromatic rings. The van der Waals surface area contributed by atoms with Gasteiger partial charge in [0.2, 0.25) is 11.8 Å². The Kier molecular flexibility index (Phi) is 6.09. The molecule has 0 aromatic heterocycles. The molecule has 2 amide bonds. The van der Waals surface area contributed by atoms with Crippen molar-refractivity contribution in [1.82, 2.24) is 5.32 Å². The van der Waals surface area contributed by atoms with Crippen LogP contribution in [0.1, 0.15) is 53.7 Å². The van der Waals surface area contributed by atoms with Crippen molar-refractivity contribution in [3.63, 3.8) is 0 Å². The second-order valence-corrected chi connectivity index (χ2v) is 7.14. The Bertz CT molecular complexity index is 872. The van der Waals surface area contributed by atoms with Crippen LogP contribution in [0.2, 0.25) is 0 Å². The first-order chi connectivity index (χ1) is 13.4. The summed E-state index contributed by atoms with van der Waals surface area (Å²) < 4.78 is 0. The molecule has 1 unspecified atom stereocenters. The topological polar surface area (TPSA) is 95.5 Å². The molecule has 6 nitrogen and oxygen atoms in total. The van der Waals surface area contributed by atoms with E-state index >= 15 is 0 Å². The summed E-state index contributed by atoms with van der Waals surface area (Å²) in [5.74, 6) is -0.906. The van der Waals surface area contributed by atoms with Crippen molar-refractivity contribution in [2.24, 2.45) is 5.92 Å². The number of carboxylic acid groups (broad SMARTS) is 1. The maximum atomic E-state index is 12.3. The van der Waals surface area contributed by atoms with E-state index in [-0.39, 0.29) is 35.8 Å². The first kappa shape index (κ1) is 19.6. The highest BCUT2D eigenvalue weighted by atomic mass is 16.4. The maximum Gasteiger partial charge on any atom is 0.335 e. The summed E-state index contributed by atoms with van der Waals surface area (Å²) in [6.45, 7) is 1.89. The number of anilines is 1. The lowest BCUT2D eigenvalue weighted by Crippen LogP contribution is -2.27. The quantitative estimate of drug-likeness (QED) is 0.653. The van der Waals surface area contributed by atoms with Gasteiger partial charge < -0.3 is 15.7 Å². The summed E-state index contributed by atoms with van der Waals surface area (Å²) in [7, 11) is 0. The fraction of sp³-hybridized carbons (Fsp3) is 0.318. The number of amides is 2. The van der Waals surface area contributed by atoms with Crippen molar-refractivity contribution in [2.75, 3.05) is 5.32 Å². The van der Waals surface area contributed by atoms with Crippen molar-refractivity contribution in [3.05, 3.63) is 65.2 Å². The summed E-state index contributed by atoms with van der Waals surface area (Å²) in [4.78, 5) is 35.3. The zero-order chi connectivity index (χ0) is 20.1. The lowest BCUT2D eigenvalue weighted by molar-refractivity contribution is -0.121. The molecular formula is C22H24N2O4. The molecule has 1 aliphatic carbocycles. The van der Waals surface area contributed by atoms with E-state index in [0.29, 0.717) is 12.0 Å². The van der Waals surface area contributed by atoms with Crippen molar-refractivity contribution < 1.29 is 19.5 Å². The first-order valence-corrected chi connectivity index (χ1v) is 9.45. The molecule has 0 spiro atoms. The Hall–Kier alpha value is -3.15. The molecule has 1 aliphatic rings. The van der Waals surface area contributed by atoms with E-state index < -0.39 is 5.97 Å². The van der Waals surface area contributed by atoms with Crippen LogP contribution < -0.4 is 10.6 Å². The predicted octanol–water partition coefficient (Wildman–Crippen LogP) is 3.54. The third-order valence-electron chi connectivity index (χ3n) is 4.87. The number of benzene rings is 2. The molecule has 3 rings (SSSR count). The van der Waals surface area contributed by atoms with Crippen LogP contribution in [-0.2, 0) is 16.0 Å². The molecule has 1 fully saturated rings. The maximum absolute atomic E-state index is 12.3. The zero-order valence-corrected chi connectivity index (χ0v) is 15.8. The van der Waals surface area contributed by atoms with E-state index in [0.717, 1.165) is 24.1 Å². The number of hydrogen-bond donors (Lipinski definition) is 3. The summed E-state index contributed by atoms with van der Waals surface area (Å²) in [5.41, 5.74) is 2.56. The number of carbonyl (C=O) groups is 3. The number of carboxylic acids is 1. The highest BCUT2D eigenvalue weighted by Gasteiger charge is 2.29. The van der Waals surface area contributed by atoms with Crippen LogP contribution in [0.3, 0.4) is 0 Å².